The molecule has 1 N–H and O–H groups in total. The molecule has 2 aromatic carbocycles. The maximum Gasteiger partial charge on any atom is 0.416 e. The van der Waals surface area contributed by atoms with Gasteiger partial charge in [-0.1, -0.05) is 11.6 Å². The molecule has 0 fully saturated rings. The summed E-state index contributed by atoms with van der Waals surface area (Å²) in [5, 5.41) is 2.82. The lowest BCUT2D eigenvalue weighted by atomic mass is 10.1. The lowest BCUT2D eigenvalue weighted by Crippen LogP contribution is -2.15. The molecule has 0 aliphatic rings. The molecule has 0 spiro atoms. The van der Waals surface area contributed by atoms with Gasteiger partial charge >= 0.3 is 6.18 Å². The molecule has 0 aliphatic heterocycles. The third-order valence-electron chi connectivity index (χ3n) is 2.64. The molecule has 2 aromatic rings. The molecule has 0 unspecified atom stereocenters. The molecule has 110 valence electrons. The fourth-order valence-electron chi connectivity index (χ4n) is 1.61. The lowest BCUT2D eigenvalue weighted by molar-refractivity contribution is -0.137. The molecule has 0 atom stereocenters. The van der Waals surface area contributed by atoms with Gasteiger partial charge in [-0.3, -0.25) is 4.79 Å². The van der Waals surface area contributed by atoms with Crippen molar-refractivity contribution in [1.82, 2.24) is 0 Å². The van der Waals surface area contributed by atoms with Gasteiger partial charge in [0.05, 0.1) is 11.1 Å². The zero-order valence-electron chi connectivity index (χ0n) is 10.3. The summed E-state index contributed by atoms with van der Waals surface area (Å²) >= 11 is 5.67. The van der Waals surface area contributed by atoms with Gasteiger partial charge in [0.25, 0.3) is 5.91 Å². The van der Waals surface area contributed by atoms with Crippen LogP contribution in [-0.4, -0.2) is 5.91 Å². The Balaban J connectivity index is 2.22. The van der Waals surface area contributed by atoms with Crippen LogP contribution in [0.3, 0.4) is 0 Å². The Morgan fingerprint density at radius 2 is 1.67 bits per heavy atom. The highest BCUT2D eigenvalue weighted by atomic mass is 35.5. The summed E-state index contributed by atoms with van der Waals surface area (Å²) in [5.74, 6) is -2.08. The van der Waals surface area contributed by atoms with Crippen molar-refractivity contribution in [3.05, 3.63) is 64.4 Å². The molecular weight excluding hydrogens is 310 g/mol. The Morgan fingerprint density at radius 1 is 1.05 bits per heavy atom. The highest BCUT2D eigenvalue weighted by Gasteiger charge is 2.31. The van der Waals surface area contributed by atoms with Gasteiger partial charge in [0.2, 0.25) is 0 Å². The van der Waals surface area contributed by atoms with Gasteiger partial charge in [0, 0.05) is 10.7 Å². The quantitative estimate of drug-likeness (QED) is 0.796. The molecule has 0 aromatic heterocycles. The van der Waals surface area contributed by atoms with Crippen molar-refractivity contribution in [2.24, 2.45) is 0 Å². The third-order valence-corrected chi connectivity index (χ3v) is 2.90. The van der Waals surface area contributed by atoms with Crippen molar-refractivity contribution in [3.63, 3.8) is 0 Å². The fourth-order valence-corrected chi connectivity index (χ4v) is 1.73. The average Bonchev–Trinajstić information content (AvgIpc) is 2.40. The van der Waals surface area contributed by atoms with Crippen LogP contribution >= 0.6 is 11.6 Å². The molecule has 1 amide bonds. The molecule has 21 heavy (non-hydrogen) atoms. The third kappa shape index (κ3) is 3.72. The molecule has 0 aliphatic carbocycles. The monoisotopic (exact) mass is 317 g/mol. The Hall–Kier alpha value is -2.08. The second-order valence-corrected chi connectivity index (χ2v) is 4.59. The van der Waals surface area contributed by atoms with E-state index < -0.39 is 29.0 Å². The molecule has 0 heterocycles. The molecule has 0 saturated heterocycles. The molecule has 7 heteroatoms. The smallest absolute Gasteiger partial charge is 0.322 e. The number of nitrogens with one attached hydrogen (secondary N) is 1. The standard InChI is InChI=1S/C14H8ClF4NO/c15-9-2-4-10(5-3-9)20-13(21)11-6-1-8(7-12(11)16)14(17,18)19/h1-7H,(H,20,21). The number of alkyl halides is 3. The minimum atomic E-state index is -4.66. The fraction of sp³-hybridized carbons (Fsp3) is 0.0714. The van der Waals surface area contributed by atoms with E-state index in [0.29, 0.717) is 16.8 Å². The molecule has 0 saturated carbocycles. The van der Waals surface area contributed by atoms with Gasteiger partial charge in [0.15, 0.2) is 0 Å². The lowest BCUT2D eigenvalue weighted by Gasteiger charge is -2.09. The van der Waals surface area contributed by atoms with E-state index >= 15 is 0 Å². The number of anilines is 1. The Morgan fingerprint density at radius 3 is 2.19 bits per heavy atom. The maximum atomic E-state index is 13.6. The SMILES string of the molecule is O=C(Nc1ccc(Cl)cc1)c1ccc(C(F)(F)F)cc1F. The normalized spacial score (nSPS) is 11.3. The van der Waals surface area contributed by atoms with Crippen LogP contribution in [0, 0.1) is 5.82 Å². The van der Waals surface area contributed by atoms with E-state index in [2.05, 4.69) is 5.32 Å². The zero-order chi connectivity index (χ0) is 15.6. The predicted molar refractivity (Wildman–Crippen MR) is 70.8 cm³/mol. The van der Waals surface area contributed by atoms with E-state index in [1.807, 2.05) is 0 Å². The number of hydrogen-bond donors (Lipinski definition) is 1. The number of carbonyl (C=O) groups is 1. The Kier molecular flexibility index (Phi) is 4.18. The summed E-state index contributed by atoms with van der Waals surface area (Å²) in [6.45, 7) is 0. The number of amides is 1. The summed E-state index contributed by atoms with van der Waals surface area (Å²) < 4.78 is 50.8. The summed E-state index contributed by atoms with van der Waals surface area (Å²) in [5.41, 5.74) is -1.27. The zero-order valence-corrected chi connectivity index (χ0v) is 11.1. The van der Waals surface area contributed by atoms with Crippen LogP contribution in [0.15, 0.2) is 42.5 Å². The van der Waals surface area contributed by atoms with Crippen LogP contribution in [0.4, 0.5) is 23.2 Å². The Bertz CT molecular complexity index is 668. The summed E-state index contributed by atoms with van der Waals surface area (Å²) in [7, 11) is 0. The first-order valence-electron chi connectivity index (χ1n) is 5.71. The van der Waals surface area contributed by atoms with Crippen molar-refractivity contribution >= 4 is 23.2 Å². The first-order valence-corrected chi connectivity index (χ1v) is 6.09. The van der Waals surface area contributed by atoms with E-state index in [-0.39, 0.29) is 6.07 Å². The van der Waals surface area contributed by atoms with Crippen LogP contribution in [-0.2, 0) is 6.18 Å². The molecule has 2 rings (SSSR count). The van der Waals surface area contributed by atoms with Crippen molar-refractivity contribution in [2.75, 3.05) is 5.32 Å². The minimum absolute atomic E-state index is 0.288. The van der Waals surface area contributed by atoms with Gasteiger partial charge in [0.1, 0.15) is 5.82 Å². The number of benzene rings is 2. The highest BCUT2D eigenvalue weighted by molar-refractivity contribution is 6.30. The van der Waals surface area contributed by atoms with E-state index in [4.69, 9.17) is 11.6 Å². The van der Waals surface area contributed by atoms with Crippen LogP contribution < -0.4 is 5.32 Å². The first-order chi connectivity index (χ1) is 9.77. The molecule has 0 radical (unpaired) electrons. The molecule has 2 nitrogen and oxygen atoms in total. The predicted octanol–water partition coefficient (Wildman–Crippen LogP) is 4.75. The summed E-state index contributed by atoms with van der Waals surface area (Å²) in [6.07, 6.45) is -4.66. The van der Waals surface area contributed by atoms with E-state index in [1.54, 1.807) is 0 Å². The summed E-state index contributed by atoms with van der Waals surface area (Å²) in [4.78, 5) is 11.8. The minimum Gasteiger partial charge on any atom is -0.322 e. The average molecular weight is 318 g/mol. The van der Waals surface area contributed by atoms with Gasteiger partial charge in [-0.25, -0.2) is 4.39 Å². The van der Waals surface area contributed by atoms with E-state index in [1.165, 1.54) is 24.3 Å². The van der Waals surface area contributed by atoms with E-state index in [9.17, 15) is 22.4 Å². The maximum absolute atomic E-state index is 13.6. The van der Waals surface area contributed by atoms with E-state index in [0.717, 1.165) is 6.07 Å². The number of hydrogen-bond acceptors (Lipinski definition) is 1. The van der Waals surface area contributed by atoms with Gasteiger partial charge < -0.3 is 5.32 Å². The van der Waals surface area contributed by atoms with Crippen molar-refractivity contribution in [2.45, 2.75) is 6.18 Å². The second-order valence-electron chi connectivity index (χ2n) is 4.15. The van der Waals surface area contributed by atoms with Crippen LogP contribution in [0.1, 0.15) is 15.9 Å². The van der Waals surface area contributed by atoms with Gasteiger partial charge in [-0.2, -0.15) is 13.2 Å². The van der Waals surface area contributed by atoms with Crippen LogP contribution in [0.2, 0.25) is 5.02 Å². The number of halogens is 5. The van der Waals surface area contributed by atoms with Crippen molar-refractivity contribution in [1.29, 1.82) is 0 Å². The number of carbonyl (C=O) groups excluding carboxylic acids is 1. The Labute approximate surface area is 122 Å². The molecule has 0 bridgehead atoms. The van der Waals surface area contributed by atoms with Crippen LogP contribution in [0.25, 0.3) is 0 Å². The van der Waals surface area contributed by atoms with Gasteiger partial charge in [-0.15, -0.1) is 0 Å². The topological polar surface area (TPSA) is 29.1 Å². The first kappa shape index (κ1) is 15.3. The van der Waals surface area contributed by atoms with Gasteiger partial charge in [-0.05, 0) is 42.5 Å². The molecular formula is C14H8ClF4NO. The highest BCUT2D eigenvalue weighted by Crippen LogP contribution is 2.30. The largest absolute Gasteiger partial charge is 0.416 e. The second kappa shape index (κ2) is 5.73. The van der Waals surface area contributed by atoms with Crippen molar-refractivity contribution < 1.29 is 22.4 Å². The number of rotatable bonds is 2. The van der Waals surface area contributed by atoms with Crippen molar-refractivity contribution in [3.8, 4) is 0 Å². The summed E-state index contributed by atoms with van der Waals surface area (Å²) in [6, 6.07) is 7.74. The van der Waals surface area contributed by atoms with Crippen LogP contribution in [0.5, 0.6) is 0 Å².